The van der Waals surface area contributed by atoms with Gasteiger partial charge in [-0.15, -0.1) is 5.92 Å². The number of ketones is 1. The van der Waals surface area contributed by atoms with Crippen molar-refractivity contribution in [2.24, 2.45) is 29.1 Å². The number of anilines is 1. The molecule has 1 spiro atoms. The third-order valence-electron chi connectivity index (χ3n) is 10.0. The van der Waals surface area contributed by atoms with Crippen molar-refractivity contribution in [2.45, 2.75) is 69.8 Å². The van der Waals surface area contributed by atoms with Gasteiger partial charge in [0.05, 0.1) is 0 Å². The minimum Gasteiger partial charge on any atom is -0.378 e. The topological polar surface area (TPSA) is 40.5 Å². The summed E-state index contributed by atoms with van der Waals surface area (Å²) in [5.74, 6) is 9.53. The molecular formula is C29H35NO2. The van der Waals surface area contributed by atoms with Gasteiger partial charge in [-0.05, 0) is 111 Å². The molecule has 0 saturated heterocycles. The summed E-state index contributed by atoms with van der Waals surface area (Å²) in [5.41, 5.74) is 4.59. The molecule has 0 amide bonds. The van der Waals surface area contributed by atoms with Crippen LogP contribution in [0.4, 0.5) is 5.69 Å². The Balaban J connectivity index is 1.54. The van der Waals surface area contributed by atoms with Crippen LogP contribution in [0.25, 0.3) is 0 Å². The second-order valence-corrected chi connectivity index (χ2v) is 11.4. The number of carbonyl (C=O) groups is 1. The van der Waals surface area contributed by atoms with Gasteiger partial charge in [0.2, 0.25) is 0 Å². The number of hydrogen-bond donors (Lipinski definition) is 1. The zero-order valence-electron chi connectivity index (χ0n) is 19.7. The molecule has 0 unspecified atom stereocenters. The van der Waals surface area contributed by atoms with Gasteiger partial charge in [-0.1, -0.05) is 17.6 Å². The molecule has 3 saturated carbocycles. The van der Waals surface area contributed by atoms with Crippen LogP contribution in [0.2, 0.25) is 0 Å². The highest BCUT2D eigenvalue weighted by Crippen LogP contribution is 2.71. The molecule has 7 atom stereocenters. The predicted octanol–water partition coefficient (Wildman–Crippen LogP) is 4.88. The SMILES string of the molecule is CC#C[C@]1(O)CC[C@H]2[C@@H]3CCC4=CC(=O)CC[C@@H]4[C@H]3[C@@H]3C[C@@]21Cc1cc(N(C)C)ccc13. The molecule has 3 heteroatoms. The lowest BCUT2D eigenvalue weighted by atomic mass is 9.43. The maximum atomic E-state index is 12.2. The number of hydrogen-bond acceptors (Lipinski definition) is 3. The van der Waals surface area contributed by atoms with Crippen molar-refractivity contribution in [3.63, 3.8) is 0 Å². The summed E-state index contributed by atoms with van der Waals surface area (Å²) >= 11 is 0. The minimum absolute atomic E-state index is 0.133. The first-order valence-corrected chi connectivity index (χ1v) is 12.6. The molecule has 2 bridgehead atoms. The van der Waals surface area contributed by atoms with Crippen molar-refractivity contribution < 1.29 is 9.90 Å². The highest BCUT2D eigenvalue weighted by molar-refractivity contribution is 5.91. The van der Waals surface area contributed by atoms with E-state index in [2.05, 4.69) is 49.0 Å². The second-order valence-electron chi connectivity index (χ2n) is 11.4. The predicted molar refractivity (Wildman–Crippen MR) is 127 cm³/mol. The van der Waals surface area contributed by atoms with Crippen LogP contribution in [0.3, 0.4) is 0 Å². The zero-order valence-corrected chi connectivity index (χ0v) is 19.7. The van der Waals surface area contributed by atoms with E-state index in [1.165, 1.54) is 28.8 Å². The number of aliphatic hydroxyl groups is 1. The maximum absolute atomic E-state index is 12.2. The Morgan fingerprint density at radius 3 is 2.75 bits per heavy atom. The molecule has 0 aromatic heterocycles. The number of rotatable bonds is 1. The Labute approximate surface area is 192 Å². The second kappa shape index (κ2) is 6.97. The zero-order chi connectivity index (χ0) is 22.3. The summed E-state index contributed by atoms with van der Waals surface area (Å²) in [5, 5.41) is 12.0. The lowest BCUT2D eigenvalue weighted by molar-refractivity contribution is -0.120. The van der Waals surface area contributed by atoms with Crippen LogP contribution < -0.4 is 4.90 Å². The van der Waals surface area contributed by atoms with Gasteiger partial charge in [-0.3, -0.25) is 4.79 Å². The van der Waals surface area contributed by atoms with Crippen LogP contribution in [-0.2, 0) is 11.2 Å². The largest absolute Gasteiger partial charge is 0.378 e. The molecule has 168 valence electrons. The summed E-state index contributed by atoms with van der Waals surface area (Å²) in [6, 6.07) is 7.03. The Morgan fingerprint density at radius 2 is 1.97 bits per heavy atom. The molecule has 0 aliphatic heterocycles. The van der Waals surface area contributed by atoms with Crippen LogP contribution in [-0.4, -0.2) is 30.6 Å². The standard InChI is InChI=1S/C29H35NO2/c1-4-12-29(32)13-11-26-24-8-5-18-15-21(31)7-10-23(18)27(24)25-17-28(26,29)16-19-14-20(30(2)3)6-9-22(19)25/h6,9,14-15,23-27,32H,5,7-8,10-11,13,16-17H2,1-3H3/t23-,24-,25+,26-,27+,28-,29-/m0/s1. The first kappa shape index (κ1) is 20.5. The quantitative estimate of drug-likeness (QED) is 0.647. The van der Waals surface area contributed by atoms with Crippen molar-refractivity contribution in [1.29, 1.82) is 0 Å². The van der Waals surface area contributed by atoms with Gasteiger partial charge >= 0.3 is 0 Å². The molecular weight excluding hydrogens is 394 g/mol. The summed E-state index contributed by atoms with van der Waals surface area (Å²) < 4.78 is 0. The number of allylic oxidation sites excluding steroid dienone is 1. The van der Waals surface area contributed by atoms with E-state index in [0.717, 1.165) is 38.5 Å². The number of benzene rings is 1. The van der Waals surface area contributed by atoms with Crippen molar-refractivity contribution in [1.82, 2.24) is 0 Å². The normalized spacial score (nSPS) is 41.3. The van der Waals surface area contributed by atoms with E-state index in [4.69, 9.17) is 0 Å². The van der Waals surface area contributed by atoms with Crippen LogP contribution >= 0.6 is 0 Å². The highest BCUT2D eigenvalue weighted by atomic mass is 16.3. The first-order valence-electron chi connectivity index (χ1n) is 12.6. The van der Waals surface area contributed by atoms with Crippen molar-refractivity contribution >= 4 is 11.5 Å². The lowest BCUT2D eigenvalue weighted by Gasteiger charge is -2.61. The Bertz CT molecular complexity index is 1070. The molecule has 5 aliphatic rings. The van der Waals surface area contributed by atoms with E-state index < -0.39 is 5.60 Å². The maximum Gasteiger partial charge on any atom is 0.155 e. The average molecular weight is 430 g/mol. The molecule has 5 aliphatic carbocycles. The third-order valence-corrected chi connectivity index (χ3v) is 10.0. The van der Waals surface area contributed by atoms with E-state index >= 15 is 0 Å². The summed E-state index contributed by atoms with van der Waals surface area (Å²) in [4.78, 5) is 14.4. The van der Waals surface area contributed by atoms with E-state index in [1.807, 2.05) is 13.0 Å². The van der Waals surface area contributed by atoms with Gasteiger partial charge in [-0.2, -0.15) is 0 Å². The van der Waals surface area contributed by atoms with Crippen molar-refractivity contribution in [2.75, 3.05) is 19.0 Å². The lowest BCUT2D eigenvalue weighted by Crippen LogP contribution is -2.59. The van der Waals surface area contributed by atoms with Gasteiger partial charge in [0.1, 0.15) is 5.60 Å². The molecule has 1 aromatic rings. The fourth-order valence-corrected chi connectivity index (χ4v) is 8.89. The molecule has 3 fully saturated rings. The number of carbonyl (C=O) groups excluding carboxylic acids is 1. The van der Waals surface area contributed by atoms with Gasteiger partial charge in [-0.25, -0.2) is 0 Å². The van der Waals surface area contributed by atoms with E-state index in [-0.39, 0.29) is 5.41 Å². The van der Waals surface area contributed by atoms with Gasteiger partial charge in [0, 0.05) is 31.6 Å². The molecule has 6 rings (SSSR count). The van der Waals surface area contributed by atoms with Crippen LogP contribution in [0.5, 0.6) is 0 Å². The molecule has 3 nitrogen and oxygen atoms in total. The van der Waals surface area contributed by atoms with Gasteiger partial charge < -0.3 is 10.0 Å². The number of nitrogens with zero attached hydrogens (tertiary/aromatic N) is 1. The Morgan fingerprint density at radius 1 is 1.12 bits per heavy atom. The third kappa shape index (κ3) is 2.62. The van der Waals surface area contributed by atoms with Gasteiger partial charge in [0.25, 0.3) is 0 Å². The molecule has 0 radical (unpaired) electrons. The Kier molecular flexibility index (Phi) is 4.48. The summed E-state index contributed by atoms with van der Waals surface area (Å²) in [6.45, 7) is 1.88. The first-order chi connectivity index (χ1) is 15.4. The number of fused-ring (bicyclic) bond motifs is 8. The van der Waals surface area contributed by atoms with Gasteiger partial charge in [0.15, 0.2) is 5.78 Å². The monoisotopic (exact) mass is 429 g/mol. The van der Waals surface area contributed by atoms with Crippen molar-refractivity contribution in [3.05, 3.63) is 41.0 Å². The molecule has 32 heavy (non-hydrogen) atoms. The average Bonchev–Trinajstić information content (AvgIpc) is 3.04. The summed E-state index contributed by atoms with van der Waals surface area (Å²) in [7, 11) is 4.21. The summed E-state index contributed by atoms with van der Waals surface area (Å²) in [6.07, 6.45) is 9.87. The van der Waals surface area contributed by atoms with Crippen molar-refractivity contribution in [3.8, 4) is 11.8 Å². The fourth-order valence-electron chi connectivity index (χ4n) is 8.89. The van der Waals surface area contributed by atoms with E-state index in [0.29, 0.717) is 41.8 Å². The molecule has 1 N–H and O–H groups in total. The van der Waals surface area contributed by atoms with Crippen LogP contribution in [0, 0.1) is 40.9 Å². The van der Waals surface area contributed by atoms with Crippen LogP contribution in [0.1, 0.15) is 68.9 Å². The highest BCUT2D eigenvalue weighted by Gasteiger charge is 2.68. The smallest absolute Gasteiger partial charge is 0.155 e. The molecule has 0 heterocycles. The fraction of sp³-hybridized carbons (Fsp3) is 0.621. The molecule has 1 aromatic carbocycles. The van der Waals surface area contributed by atoms with E-state index in [1.54, 1.807) is 0 Å². The minimum atomic E-state index is -0.875. The van der Waals surface area contributed by atoms with Crippen LogP contribution in [0.15, 0.2) is 29.8 Å². The van der Waals surface area contributed by atoms with E-state index in [9.17, 15) is 9.90 Å². The Hall–Kier alpha value is -2.05.